The average molecular weight is 449 g/mol. The van der Waals surface area contributed by atoms with E-state index in [1.807, 2.05) is 65.6 Å². The fourth-order valence-corrected chi connectivity index (χ4v) is 4.57. The van der Waals surface area contributed by atoms with E-state index < -0.39 is 0 Å². The maximum absolute atomic E-state index is 12.8. The summed E-state index contributed by atoms with van der Waals surface area (Å²) in [6, 6.07) is 19.0. The summed E-state index contributed by atoms with van der Waals surface area (Å²) in [7, 11) is 0. The van der Waals surface area contributed by atoms with Gasteiger partial charge in [0.2, 0.25) is 17.7 Å². The first-order chi connectivity index (χ1) is 16.1. The topological polar surface area (TPSA) is 81.8 Å². The molecule has 2 aliphatic heterocycles. The number of rotatable bonds is 6. The third-order valence-electron chi connectivity index (χ3n) is 6.62. The Morgan fingerprint density at radius 1 is 0.667 bits per heavy atom. The van der Waals surface area contributed by atoms with Crippen LogP contribution in [0.25, 0.3) is 0 Å². The number of para-hydroxylation sites is 2. The summed E-state index contributed by atoms with van der Waals surface area (Å²) >= 11 is 0. The quantitative estimate of drug-likeness (QED) is 0.711. The molecule has 4 rings (SSSR count). The number of hydrogen-bond acceptors (Lipinski definition) is 4. The number of benzene rings is 2. The molecule has 0 radical (unpaired) electrons. The molecule has 0 saturated carbocycles. The van der Waals surface area contributed by atoms with Gasteiger partial charge in [0.15, 0.2) is 0 Å². The van der Waals surface area contributed by atoms with Crippen LogP contribution in [0.15, 0.2) is 60.7 Å². The van der Waals surface area contributed by atoms with E-state index >= 15 is 0 Å². The molecular weight excluding hydrogens is 416 g/mol. The zero-order chi connectivity index (χ0) is 23.0. The van der Waals surface area contributed by atoms with Crippen molar-refractivity contribution in [3.05, 3.63) is 60.7 Å². The summed E-state index contributed by atoms with van der Waals surface area (Å²) in [5.41, 5.74) is 1.63. The van der Waals surface area contributed by atoms with Crippen molar-refractivity contribution in [1.29, 1.82) is 0 Å². The van der Waals surface area contributed by atoms with Crippen molar-refractivity contribution in [1.82, 2.24) is 9.80 Å². The second-order valence-electron chi connectivity index (χ2n) is 8.92. The lowest BCUT2D eigenvalue weighted by Gasteiger charge is -2.35. The lowest BCUT2D eigenvalue weighted by molar-refractivity contribution is -0.136. The van der Waals surface area contributed by atoms with E-state index in [2.05, 4.69) is 15.5 Å². The third-order valence-corrected chi connectivity index (χ3v) is 6.62. The molecule has 7 heteroatoms. The van der Waals surface area contributed by atoms with Crippen molar-refractivity contribution in [2.75, 3.05) is 43.4 Å². The highest BCUT2D eigenvalue weighted by molar-refractivity contribution is 5.93. The molecule has 3 amide bonds. The highest BCUT2D eigenvalue weighted by Crippen LogP contribution is 2.22. The lowest BCUT2D eigenvalue weighted by atomic mass is 9.95. The second kappa shape index (κ2) is 11.1. The molecule has 0 spiro atoms. The van der Waals surface area contributed by atoms with E-state index in [4.69, 9.17) is 0 Å². The monoisotopic (exact) mass is 448 g/mol. The molecule has 2 N–H and O–H groups in total. The van der Waals surface area contributed by atoms with E-state index in [1.54, 1.807) is 0 Å². The van der Waals surface area contributed by atoms with E-state index in [0.717, 1.165) is 37.3 Å². The Kier molecular flexibility index (Phi) is 7.73. The van der Waals surface area contributed by atoms with Gasteiger partial charge in [0, 0.05) is 36.3 Å². The van der Waals surface area contributed by atoms with Gasteiger partial charge in [-0.15, -0.1) is 0 Å². The Balaban J connectivity index is 1.16. The molecule has 2 saturated heterocycles. The van der Waals surface area contributed by atoms with Gasteiger partial charge >= 0.3 is 0 Å². The molecule has 0 unspecified atom stereocenters. The van der Waals surface area contributed by atoms with Crippen molar-refractivity contribution >= 4 is 29.1 Å². The predicted octanol–water partition coefficient (Wildman–Crippen LogP) is 3.21. The van der Waals surface area contributed by atoms with Gasteiger partial charge in [-0.1, -0.05) is 36.4 Å². The molecule has 2 heterocycles. The van der Waals surface area contributed by atoms with Crippen molar-refractivity contribution in [3.8, 4) is 0 Å². The van der Waals surface area contributed by atoms with Gasteiger partial charge in [0.25, 0.3) is 0 Å². The lowest BCUT2D eigenvalue weighted by Crippen LogP contribution is -2.47. The maximum atomic E-state index is 12.8. The summed E-state index contributed by atoms with van der Waals surface area (Å²) in [5, 5.41) is 5.95. The Morgan fingerprint density at radius 2 is 1.09 bits per heavy atom. The van der Waals surface area contributed by atoms with Gasteiger partial charge in [-0.3, -0.25) is 19.3 Å². The molecule has 2 aromatic rings. The molecule has 2 fully saturated rings. The van der Waals surface area contributed by atoms with Gasteiger partial charge in [-0.05, 0) is 63.0 Å². The van der Waals surface area contributed by atoms with Gasteiger partial charge in [-0.25, -0.2) is 0 Å². The Bertz CT molecular complexity index is 935. The molecule has 174 valence electrons. The predicted molar refractivity (Wildman–Crippen MR) is 129 cm³/mol. The summed E-state index contributed by atoms with van der Waals surface area (Å²) < 4.78 is 0. The standard InChI is InChI=1S/C26H32N4O3/c31-24(30-17-13-21(14-18-30)26(33)28-23-9-5-2-6-10-23)19-29-15-11-20(12-16-29)25(32)27-22-7-3-1-4-8-22/h1-10,20-21H,11-19H2,(H,27,32)(H,28,33). The molecule has 33 heavy (non-hydrogen) atoms. The van der Waals surface area contributed by atoms with Gasteiger partial charge in [0.1, 0.15) is 0 Å². The minimum atomic E-state index is -0.0619. The number of carbonyl (C=O) groups excluding carboxylic acids is 3. The number of carbonyl (C=O) groups is 3. The van der Waals surface area contributed by atoms with Crippen LogP contribution in [-0.4, -0.2) is 60.2 Å². The van der Waals surface area contributed by atoms with Crippen molar-refractivity contribution in [2.24, 2.45) is 11.8 Å². The molecule has 0 aromatic heterocycles. The fourth-order valence-electron chi connectivity index (χ4n) is 4.57. The van der Waals surface area contributed by atoms with Crippen LogP contribution in [0.3, 0.4) is 0 Å². The van der Waals surface area contributed by atoms with Crippen LogP contribution in [-0.2, 0) is 14.4 Å². The number of piperidine rings is 2. The van der Waals surface area contributed by atoms with E-state index in [1.165, 1.54) is 0 Å². The van der Waals surface area contributed by atoms with Crippen molar-refractivity contribution < 1.29 is 14.4 Å². The molecular formula is C26H32N4O3. The van der Waals surface area contributed by atoms with E-state index in [0.29, 0.717) is 32.5 Å². The second-order valence-corrected chi connectivity index (χ2v) is 8.92. The average Bonchev–Trinajstić information content (AvgIpc) is 2.86. The highest BCUT2D eigenvalue weighted by atomic mass is 16.2. The molecule has 0 bridgehead atoms. The number of nitrogens with zero attached hydrogens (tertiary/aromatic N) is 2. The van der Waals surface area contributed by atoms with Crippen LogP contribution in [0.2, 0.25) is 0 Å². The Morgan fingerprint density at radius 3 is 1.55 bits per heavy atom. The summed E-state index contributed by atoms with van der Waals surface area (Å²) in [4.78, 5) is 41.8. The smallest absolute Gasteiger partial charge is 0.236 e. The number of likely N-dealkylation sites (tertiary alicyclic amines) is 2. The molecule has 0 aliphatic carbocycles. The van der Waals surface area contributed by atoms with Crippen LogP contribution < -0.4 is 10.6 Å². The zero-order valence-electron chi connectivity index (χ0n) is 18.9. The first kappa shape index (κ1) is 23.0. The first-order valence-electron chi connectivity index (χ1n) is 11.8. The largest absolute Gasteiger partial charge is 0.342 e. The summed E-state index contributed by atoms with van der Waals surface area (Å²) in [6.45, 7) is 3.10. The minimum absolute atomic E-state index is 0.0181. The summed E-state index contributed by atoms with van der Waals surface area (Å²) in [6.07, 6.45) is 2.89. The molecule has 7 nitrogen and oxygen atoms in total. The maximum Gasteiger partial charge on any atom is 0.236 e. The Hall–Kier alpha value is -3.19. The van der Waals surface area contributed by atoms with Gasteiger partial charge < -0.3 is 15.5 Å². The number of hydrogen-bond donors (Lipinski definition) is 2. The normalized spacial score (nSPS) is 18.0. The minimum Gasteiger partial charge on any atom is -0.342 e. The van der Waals surface area contributed by atoms with Crippen LogP contribution >= 0.6 is 0 Å². The molecule has 0 atom stereocenters. The fraction of sp³-hybridized carbons (Fsp3) is 0.423. The first-order valence-corrected chi connectivity index (χ1v) is 11.8. The number of amides is 3. The molecule has 2 aromatic carbocycles. The van der Waals surface area contributed by atoms with Crippen molar-refractivity contribution in [3.63, 3.8) is 0 Å². The van der Waals surface area contributed by atoms with Crippen LogP contribution in [0.5, 0.6) is 0 Å². The third kappa shape index (κ3) is 6.42. The van der Waals surface area contributed by atoms with E-state index in [9.17, 15) is 14.4 Å². The number of nitrogens with one attached hydrogen (secondary N) is 2. The number of anilines is 2. The summed E-state index contributed by atoms with van der Waals surface area (Å²) in [5.74, 6) is 0.125. The SMILES string of the molecule is O=C(Nc1ccccc1)C1CCN(CC(=O)N2CCC(C(=O)Nc3ccccc3)CC2)CC1. The van der Waals surface area contributed by atoms with Crippen LogP contribution in [0, 0.1) is 11.8 Å². The molecule has 2 aliphatic rings. The Labute approximate surface area is 195 Å². The highest BCUT2D eigenvalue weighted by Gasteiger charge is 2.30. The van der Waals surface area contributed by atoms with Gasteiger partial charge in [-0.2, -0.15) is 0 Å². The van der Waals surface area contributed by atoms with Crippen LogP contribution in [0.1, 0.15) is 25.7 Å². The zero-order valence-corrected chi connectivity index (χ0v) is 18.9. The van der Waals surface area contributed by atoms with E-state index in [-0.39, 0.29) is 29.6 Å². The van der Waals surface area contributed by atoms with Gasteiger partial charge in [0.05, 0.1) is 6.54 Å². The van der Waals surface area contributed by atoms with Crippen molar-refractivity contribution in [2.45, 2.75) is 25.7 Å². The van der Waals surface area contributed by atoms with Crippen LogP contribution in [0.4, 0.5) is 11.4 Å².